The van der Waals surface area contributed by atoms with E-state index < -0.39 is 0 Å². The van der Waals surface area contributed by atoms with Gasteiger partial charge in [-0.2, -0.15) is 0 Å². The van der Waals surface area contributed by atoms with Gasteiger partial charge in [0.25, 0.3) is 0 Å². The monoisotopic (exact) mass is 277 g/mol. The van der Waals surface area contributed by atoms with Crippen LogP contribution in [-0.2, 0) is 0 Å². The van der Waals surface area contributed by atoms with Crippen LogP contribution in [0.1, 0.15) is 5.56 Å². The van der Waals surface area contributed by atoms with Gasteiger partial charge in [0, 0.05) is 24.8 Å². The summed E-state index contributed by atoms with van der Waals surface area (Å²) in [4.78, 5) is 5.76. The number of hydrogen-bond donors (Lipinski definition) is 2. The number of nitrogens with zero attached hydrogens (tertiary/aromatic N) is 1. The molecule has 1 aromatic rings. The summed E-state index contributed by atoms with van der Waals surface area (Å²) >= 11 is 10.4. The number of likely N-dealkylation sites (N-methyl/N-ethyl adjacent to an activating group) is 1. The van der Waals surface area contributed by atoms with Crippen LogP contribution in [0.2, 0.25) is 0 Å². The Morgan fingerprint density at radius 3 is 2.75 bits per heavy atom. The molecule has 0 saturated heterocycles. The highest BCUT2D eigenvalue weighted by atomic mass is 35.5. The van der Waals surface area contributed by atoms with Crippen LogP contribution in [-0.4, -0.2) is 42.1 Å². The van der Waals surface area contributed by atoms with E-state index in [1.54, 1.807) is 6.20 Å². The maximum atomic E-state index is 5.24. The van der Waals surface area contributed by atoms with E-state index in [-0.39, 0.29) is 12.4 Å². The van der Waals surface area contributed by atoms with Gasteiger partial charge in [-0.15, -0.1) is 12.4 Å². The Kier molecular flexibility index (Phi) is 7.49. The Morgan fingerprint density at radius 1 is 1.50 bits per heavy atom. The van der Waals surface area contributed by atoms with Crippen molar-refractivity contribution in [3.8, 4) is 0 Å². The van der Waals surface area contributed by atoms with Gasteiger partial charge in [0.15, 0.2) is 0 Å². The Labute approximate surface area is 113 Å². The maximum absolute atomic E-state index is 5.24. The highest BCUT2D eigenvalue weighted by Gasteiger charge is 2.01. The summed E-state index contributed by atoms with van der Waals surface area (Å²) in [6.07, 6.45) is 1.80. The van der Waals surface area contributed by atoms with Gasteiger partial charge in [-0.1, -0.05) is 24.4 Å². The number of pyridine rings is 1. The number of rotatable bonds is 4. The van der Waals surface area contributed by atoms with Crippen LogP contribution in [0.3, 0.4) is 0 Å². The molecule has 0 aliphatic rings. The lowest BCUT2D eigenvalue weighted by Gasteiger charge is -2.11. The van der Waals surface area contributed by atoms with Crippen LogP contribution in [0.15, 0.2) is 18.3 Å². The predicted molar refractivity (Wildman–Crippen MR) is 77.1 cm³/mol. The first-order valence-corrected chi connectivity index (χ1v) is 5.53. The van der Waals surface area contributed by atoms with Gasteiger partial charge in [-0.25, -0.2) is 0 Å². The highest BCUT2D eigenvalue weighted by molar-refractivity contribution is 7.80. The molecule has 16 heavy (non-hydrogen) atoms. The molecule has 0 aliphatic heterocycles. The van der Waals surface area contributed by atoms with Crippen LogP contribution in [0.5, 0.6) is 0 Å². The van der Waals surface area contributed by atoms with Crippen LogP contribution >= 0.6 is 36.8 Å². The molecule has 0 saturated carbocycles. The molecule has 2 N–H and O–H groups in total. The first-order chi connectivity index (χ1) is 7.11. The summed E-state index contributed by atoms with van der Waals surface area (Å²) in [6, 6.07) is 3.81. The minimum atomic E-state index is 0. The second-order valence-electron chi connectivity index (χ2n) is 3.47. The molecule has 3 nitrogen and oxygen atoms in total. The van der Waals surface area contributed by atoms with Crippen molar-refractivity contribution in [1.29, 1.82) is 0 Å². The molecule has 0 unspecified atom stereocenters. The zero-order chi connectivity index (χ0) is 11.3. The summed E-state index contributed by atoms with van der Waals surface area (Å²) in [5.41, 5.74) is 0.890. The number of hydrogen-bond acceptors (Lipinski definition) is 3. The molecule has 0 spiro atoms. The van der Waals surface area contributed by atoms with Crippen molar-refractivity contribution in [3.05, 3.63) is 28.5 Å². The third-order valence-electron chi connectivity index (χ3n) is 1.91. The summed E-state index contributed by atoms with van der Waals surface area (Å²) in [5.74, 6) is 0. The van der Waals surface area contributed by atoms with Gasteiger partial charge in [-0.3, -0.25) is 0 Å². The van der Waals surface area contributed by atoms with E-state index in [1.807, 2.05) is 26.2 Å². The van der Waals surface area contributed by atoms with Crippen LogP contribution in [0.4, 0.5) is 0 Å². The Bertz CT molecular complexity index is 390. The molecule has 0 aromatic carbocycles. The third-order valence-corrected chi connectivity index (χ3v) is 2.61. The number of aromatic amines is 1. The van der Waals surface area contributed by atoms with E-state index in [0.717, 1.165) is 18.7 Å². The minimum Gasteiger partial charge on any atom is -0.374 e. The van der Waals surface area contributed by atoms with Gasteiger partial charge in [0.2, 0.25) is 0 Å². The fourth-order valence-corrected chi connectivity index (χ4v) is 1.66. The lowest BCUT2D eigenvalue weighted by atomic mass is 10.3. The van der Waals surface area contributed by atoms with Crippen molar-refractivity contribution in [2.24, 2.45) is 0 Å². The zero-order valence-corrected chi connectivity index (χ0v) is 11.8. The second-order valence-corrected chi connectivity index (χ2v) is 4.29. The molecule has 0 radical (unpaired) electrons. The molecule has 6 heteroatoms. The second kappa shape index (κ2) is 7.73. The fourth-order valence-electron chi connectivity index (χ4n) is 1.09. The number of H-pyrrole nitrogens is 1. The quantitative estimate of drug-likeness (QED) is 0.825. The molecular formula is C10H16ClN3S2. The Morgan fingerprint density at radius 2 is 2.19 bits per heavy atom. The first-order valence-electron chi connectivity index (χ1n) is 4.72. The zero-order valence-electron chi connectivity index (χ0n) is 9.32. The van der Waals surface area contributed by atoms with Crippen molar-refractivity contribution in [3.63, 3.8) is 0 Å². The fraction of sp³-hybridized carbons (Fsp3) is 0.400. The molecule has 1 aromatic heterocycles. The van der Waals surface area contributed by atoms with E-state index in [0.29, 0.717) is 9.63 Å². The van der Waals surface area contributed by atoms with Crippen molar-refractivity contribution >= 4 is 41.8 Å². The van der Waals surface area contributed by atoms with E-state index in [9.17, 15) is 0 Å². The number of thiocarbonyl (C=S) groups is 1. The van der Waals surface area contributed by atoms with Crippen LogP contribution < -0.4 is 5.32 Å². The molecule has 90 valence electrons. The molecule has 0 atom stereocenters. The first kappa shape index (κ1) is 15.5. The molecule has 1 heterocycles. The molecule has 1 rings (SSSR count). The smallest absolute Gasteiger partial charge is 0.113 e. The number of halogens is 1. The van der Waals surface area contributed by atoms with Crippen molar-refractivity contribution in [2.75, 3.05) is 27.2 Å². The topological polar surface area (TPSA) is 31.1 Å². The van der Waals surface area contributed by atoms with E-state index in [2.05, 4.69) is 15.2 Å². The van der Waals surface area contributed by atoms with Gasteiger partial charge in [0.05, 0.1) is 0 Å². The largest absolute Gasteiger partial charge is 0.374 e. The summed E-state index contributed by atoms with van der Waals surface area (Å²) < 4.78 is 0.680. The predicted octanol–water partition coefficient (Wildman–Crippen LogP) is 1.99. The summed E-state index contributed by atoms with van der Waals surface area (Å²) in [7, 11) is 4.05. The normalized spacial score (nSPS) is 9.69. The average molecular weight is 278 g/mol. The SMILES string of the molecule is CN(C)CCNC(=S)c1ccc[nH]c1=S.Cl. The van der Waals surface area contributed by atoms with Gasteiger partial charge >= 0.3 is 0 Å². The maximum Gasteiger partial charge on any atom is 0.113 e. The average Bonchev–Trinajstić information content (AvgIpc) is 2.17. The third kappa shape index (κ3) is 5.03. The van der Waals surface area contributed by atoms with E-state index in [4.69, 9.17) is 24.4 Å². The van der Waals surface area contributed by atoms with Gasteiger partial charge in [-0.05, 0) is 26.2 Å². The number of aromatic nitrogens is 1. The lowest BCUT2D eigenvalue weighted by Crippen LogP contribution is -2.30. The molecule has 0 aliphatic carbocycles. The summed E-state index contributed by atoms with van der Waals surface area (Å²) in [5, 5.41) is 3.17. The van der Waals surface area contributed by atoms with Gasteiger partial charge in [0.1, 0.15) is 9.63 Å². The molecule has 0 bridgehead atoms. The van der Waals surface area contributed by atoms with Crippen molar-refractivity contribution in [2.45, 2.75) is 0 Å². The van der Waals surface area contributed by atoms with E-state index >= 15 is 0 Å². The Hall–Kier alpha value is -0.490. The van der Waals surface area contributed by atoms with Crippen LogP contribution in [0.25, 0.3) is 0 Å². The van der Waals surface area contributed by atoms with Crippen molar-refractivity contribution < 1.29 is 0 Å². The van der Waals surface area contributed by atoms with Gasteiger partial charge < -0.3 is 15.2 Å². The van der Waals surface area contributed by atoms with E-state index in [1.165, 1.54) is 0 Å². The molecule has 0 amide bonds. The molecular weight excluding hydrogens is 262 g/mol. The highest BCUT2D eigenvalue weighted by Crippen LogP contribution is 2.00. The summed E-state index contributed by atoms with van der Waals surface area (Å²) in [6.45, 7) is 1.78. The minimum absolute atomic E-state index is 0. The Balaban J connectivity index is 0.00000225. The van der Waals surface area contributed by atoms with Crippen LogP contribution in [0, 0.1) is 4.64 Å². The molecule has 0 fully saturated rings. The standard InChI is InChI=1S/C10H15N3S2.ClH/c1-13(2)7-6-12-10(15)8-4-3-5-11-9(8)14;/h3-5H,6-7H2,1-2H3,(H,11,14)(H,12,15);1H. The lowest BCUT2D eigenvalue weighted by molar-refractivity contribution is 0.413. The number of nitrogens with one attached hydrogen (secondary N) is 2. The van der Waals surface area contributed by atoms with Crippen molar-refractivity contribution in [1.82, 2.24) is 15.2 Å².